The zero-order valence-corrected chi connectivity index (χ0v) is 10.9. The third-order valence-corrected chi connectivity index (χ3v) is 3.22. The van der Waals surface area contributed by atoms with Crippen LogP contribution in [0.2, 0.25) is 0 Å². The van der Waals surface area contributed by atoms with Crippen molar-refractivity contribution < 1.29 is 26.3 Å². The Labute approximate surface area is 108 Å². The first-order valence-corrected chi connectivity index (χ1v) is 5.54. The molecule has 0 radical (unpaired) electrons. The summed E-state index contributed by atoms with van der Waals surface area (Å²) in [6.07, 6.45) is -9.34. The van der Waals surface area contributed by atoms with Crippen LogP contribution in [-0.2, 0) is 12.4 Å². The summed E-state index contributed by atoms with van der Waals surface area (Å²) in [5.74, 6) is 0. The van der Waals surface area contributed by atoms with E-state index in [1.54, 1.807) is 0 Å². The molecule has 0 heterocycles. The first kappa shape index (κ1) is 14.1. The van der Waals surface area contributed by atoms with Crippen molar-refractivity contribution in [1.82, 2.24) is 0 Å². The molecule has 0 bridgehead atoms. The maximum Gasteiger partial charge on any atom is 0.417 e. The molecule has 0 spiro atoms. The number of hydrogen-bond acceptors (Lipinski definition) is 0. The Kier molecular flexibility index (Phi) is 3.83. The fourth-order valence-corrected chi connectivity index (χ4v) is 2.32. The Bertz CT molecular complexity index is 368. The van der Waals surface area contributed by atoms with Crippen LogP contribution >= 0.6 is 38.5 Å². The van der Waals surface area contributed by atoms with Crippen molar-refractivity contribution in [2.75, 3.05) is 0 Å². The van der Waals surface area contributed by atoms with Gasteiger partial charge < -0.3 is 0 Å². The molecule has 0 nitrogen and oxygen atoms in total. The van der Waals surface area contributed by atoms with E-state index in [-0.39, 0.29) is 0 Å². The predicted octanol–water partition coefficient (Wildman–Crippen LogP) is 5.09. The first-order chi connectivity index (χ1) is 7.03. The SMILES string of the molecule is FC(F)(F)c1cc(I)c(C(F)(F)F)cc1Br. The second kappa shape index (κ2) is 4.35. The number of hydrogen-bond donors (Lipinski definition) is 0. The van der Waals surface area contributed by atoms with Crippen LogP contribution in [0.15, 0.2) is 16.6 Å². The number of rotatable bonds is 0. The minimum atomic E-state index is -4.68. The van der Waals surface area contributed by atoms with Gasteiger partial charge in [-0.2, -0.15) is 26.3 Å². The summed E-state index contributed by atoms with van der Waals surface area (Å²) in [7, 11) is 0. The molecule has 0 N–H and O–H groups in total. The van der Waals surface area contributed by atoms with Crippen LogP contribution in [0, 0.1) is 3.57 Å². The minimum Gasteiger partial charge on any atom is -0.166 e. The van der Waals surface area contributed by atoms with Gasteiger partial charge in [-0.25, -0.2) is 0 Å². The van der Waals surface area contributed by atoms with E-state index in [1.165, 1.54) is 22.6 Å². The average Bonchev–Trinajstić information content (AvgIpc) is 2.04. The molecule has 1 aromatic rings. The maximum atomic E-state index is 12.4. The van der Waals surface area contributed by atoms with Crippen LogP contribution in [-0.4, -0.2) is 0 Å². The van der Waals surface area contributed by atoms with Crippen LogP contribution in [0.1, 0.15) is 11.1 Å². The number of halogens is 8. The monoisotopic (exact) mass is 418 g/mol. The zero-order valence-electron chi connectivity index (χ0n) is 7.18. The summed E-state index contributed by atoms with van der Waals surface area (Å²) in [5, 5.41) is 0. The molecular weight excluding hydrogens is 417 g/mol. The smallest absolute Gasteiger partial charge is 0.166 e. The first-order valence-electron chi connectivity index (χ1n) is 3.67. The van der Waals surface area contributed by atoms with Gasteiger partial charge in [-0.1, -0.05) is 15.9 Å². The topological polar surface area (TPSA) is 0 Å². The molecule has 0 saturated carbocycles. The van der Waals surface area contributed by atoms with Gasteiger partial charge in [0.2, 0.25) is 0 Å². The summed E-state index contributed by atoms with van der Waals surface area (Å²) < 4.78 is 73.0. The van der Waals surface area contributed by atoms with Crippen LogP contribution in [0.4, 0.5) is 26.3 Å². The molecule has 1 aromatic carbocycles. The van der Waals surface area contributed by atoms with E-state index < -0.39 is 31.5 Å². The molecule has 0 atom stereocenters. The Morgan fingerprint density at radius 3 is 1.69 bits per heavy atom. The molecule has 16 heavy (non-hydrogen) atoms. The minimum absolute atomic E-state index is 0.435. The van der Waals surface area contributed by atoms with Gasteiger partial charge in [0, 0.05) is 8.04 Å². The molecule has 0 amide bonds. The van der Waals surface area contributed by atoms with Gasteiger partial charge in [-0.3, -0.25) is 0 Å². The van der Waals surface area contributed by atoms with Crippen LogP contribution in [0.25, 0.3) is 0 Å². The fraction of sp³-hybridized carbons (Fsp3) is 0.250. The van der Waals surface area contributed by atoms with Gasteiger partial charge in [0.25, 0.3) is 0 Å². The average molecular weight is 419 g/mol. The van der Waals surface area contributed by atoms with Crippen molar-refractivity contribution >= 4 is 38.5 Å². The molecule has 0 aromatic heterocycles. The van der Waals surface area contributed by atoms with Gasteiger partial charge in [-0.15, -0.1) is 0 Å². The normalized spacial score (nSPS) is 13.0. The quantitative estimate of drug-likeness (QED) is 0.406. The lowest BCUT2D eigenvalue weighted by Gasteiger charge is -2.14. The van der Waals surface area contributed by atoms with Crippen molar-refractivity contribution in [3.63, 3.8) is 0 Å². The van der Waals surface area contributed by atoms with Crippen molar-refractivity contribution in [2.24, 2.45) is 0 Å². The zero-order chi connectivity index (χ0) is 12.7. The van der Waals surface area contributed by atoms with Gasteiger partial charge in [0.1, 0.15) is 0 Å². The molecule has 0 aliphatic carbocycles. The molecule has 0 saturated heterocycles. The highest BCUT2D eigenvalue weighted by Crippen LogP contribution is 2.41. The van der Waals surface area contributed by atoms with E-state index in [9.17, 15) is 26.3 Å². The number of alkyl halides is 6. The highest BCUT2D eigenvalue weighted by Gasteiger charge is 2.38. The van der Waals surface area contributed by atoms with E-state index in [4.69, 9.17) is 0 Å². The third kappa shape index (κ3) is 3.02. The van der Waals surface area contributed by atoms with E-state index in [0.717, 1.165) is 0 Å². The Balaban J connectivity index is 3.40. The second-order valence-electron chi connectivity index (χ2n) is 2.81. The van der Waals surface area contributed by atoms with E-state index >= 15 is 0 Å². The molecule has 0 unspecified atom stereocenters. The van der Waals surface area contributed by atoms with Crippen LogP contribution < -0.4 is 0 Å². The summed E-state index contributed by atoms with van der Waals surface area (Å²) in [6.45, 7) is 0. The highest BCUT2D eigenvalue weighted by atomic mass is 127. The number of benzene rings is 1. The van der Waals surface area contributed by atoms with E-state index in [2.05, 4.69) is 15.9 Å². The van der Waals surface area contributed by atoms with Gasteiger partial charge in [0.05, 0.1) is 11.1 Å². The summed E-state index contributed by atoms with van der Waals surface area (Å²) in [5.41, 5.74) is -2.21. The molecule has 0 aliphatic rings. The largest absolute Gasteiger partial charge is 0.417 e. The van der Waals surface area contributed by atoms with E-state index in [1.807, 2.05) is 0 Å². The Hall–Kier alpha value is 0.01000. The van der Waals surface area contributed by atoms with Crippen molar-refractivity contribution in [3.8, 4) is 0 Å². The van der Waals surface area contributed by atoms with Crippen molar-refractivity contribution in [1.29, 1.82) is 0 Å². The summed E-state index contributed by atoms with van der Waals surface area (Å²) in [4.78, 5) is 0. The van der Waals surface area contributed by atoms with Gasteiger partial charge in [0.15, 0.2) is 0 Å². The maximum absolute atomic E-state index is 12.4. The van der Waals surface area contributed by atoms with Gasteiger partial charge >= 0.3 is 12.4 Å². The predicted molar refractivity (Wildman–Crippen MR) is 56.9 cm³/mol. The lowest BCUT2D eigenvalue weighted by Crippen LogP contribution is -2.12. The third-order valence-electron chi connectivity index (χ3n) is 1.67. The second-order valence-corrected chi connectivity index (χ2v) is 4.82. The summed E-state index contributed by atoms with van der Waals surface area (Å²) in [6, 6.07) is 0.901. The van der Waals surface area contributed by atoms with Crippen LogP contribution in [0.5, 0.6) is 0 Å². The highest BCUT2D eigenvalue weighted by molar-refractivity contribution is 14.1. The molecule has 8 heteroatoms. The van der Waals surface area contributed by atoms with Crippen molar-refractivity contribution in [3.05, 3.63) is 31.3 Å². The standard InChI is InChI=1S/C8H2BrF6I/c9-5-1-4(8(13,14)15)6(16)2-3(5)7(10,11)12/h1-2H. The molecule has 1 rings (SSSR count). The van der Waals surface area contributed by atoms with Crippen LogP contribution in [0.3, 0.4) is 0 Å². The molecule has 0 fully saturated rings. The Morgan fingerprint density at radius 1 is 0.875 bits per heavy atom. The van der Waals surface area contributed by atoms with E-state index in [0.29, 0.717) is 12.1 Å². The lowest BCUT2D eigenvalue weighted by atomic mass is 10.1. The van der Waals surface area contributed by atoms with Gasteiger partial charge in [-0.05, 0) is 34.7 Å². The molecule has 0 aliphatic heterocycles. The molecule has 90 valence electrons. The summed E-state index contributed by atoms with van der Waals surface area (Å²) >= 11 is 3.71. The fourth-order valence-electron chi connectivity index (χ4n) is 0.981. The van der Waals surface area contributed by atoms with Crippen molar-refractivity contribution in [2.45, 2.75) is 12.4 Å². The Morgan fingerprint density at radius 2 is 1.31 bits per heavy atom. The molecular formula is C8H2BrF6I. The lowest BCUT2D eigenvalue weighted by molar-refractivity contribution is -0.142.